The number of amides is 1. The minimum atomic E-state index is -0.797. The van der Waals surface area contributed by atoms with Gasteiger partial charge in [0.25, 0.3) is 5.91 Å². The van der Waals surface area contributed by atoms with Crippen LogP contribution in [0.1, 0.15) is 21.7 Å². The fourth-order valence-corrected chi connectivity index (χ4v) is 2.64. The smallest absolute Gasteiger partial charge is 0.374 e. The average Bonchev–Trinajstić information content (AvgIpc) is 3.13. The second-order valence-corrected chi connectivity index (χ2v) is 6.03. The maximum atomic E-state index is 13.8. The first-order valence-corrected chi connectivity index (χ1v) is 8.33. The molecule has 0 aliphatic carbocycles. The van der Waals surface area contributed by atoms with Gasteiger partial charge < -0.3 is 14.5 Å². The Labute approximate surface area is 155 Å². The first-order chi connectivity index (χ1) is 13.0. The number of carbonyl (C=O) groups excluding carboxylic acids is 2. The van der Waals surface area contributed by atoms with Crippen LogP contribution in [0, 0.1) is 19.7 Å². The number of rotatable bonds is 5. The summed E-state index contributed by atoms with van der Waals surface area (Å²) in [6.45, 7) is 3.30. The van der Waals surface area contributed by atoms with Crippen molar-refractivity contribution in [3.05, 3.63) is 77.3 Å². The minimum absolute atomic E-state index is 0.104. The summed E-state index contributed by atoms with van der Waals surface area (Å²) in [6.07, 6.45) is 0. The summed E-state index contributed by atoms with van der Waals surface area (Å²) >= 11 is 0. The molecule has 138 valence electrons. The average molecular weight is 367 g/mol. The molecule has 0 fully saturated rings. The summed E-state index contributed by atoms with van der Waals surface area (Å²) in [4.78, 5) is 24.1. The Bertz CT molecular complexity index is 973. The Morgan fingerprint density at radius 2 is 1.70 bits per heavy atom. The van der Waals surface area contributed by atoms with E-state index in [9.17, 15) is 14.0 Å². The molecule has 1 aromatic heterocycles. The molecule has 0 bridgehead atoms. The number of ether oxygens (including phenoxy) is 1. The SMILES string of the molecule is Cc1cccc(C)c1NC(=O)COC(=O)c1ccc(-c2ccccc2F)o1. The number of hydrogen-bond donors (Lipinski definition) is 1. The lowest BCUT2D eigenvalue weighted by molar-refractivity contribution is -0.119. The zero-order valence-corrected chi connectivity index (χ0v) is 14.9. The summed E-state index contributed by atoms with van der Waals surface area (Å²) < 4.78 is 24.1. The quantitative estimate of drug-likeness (QED) is 0.674. The van der Waals surface area contributed by atoms with E-state index in [1.165, 1.54) is 18.2 Å². The summed E-state index contributed by atoms with van der Waals surface area (Å²) in [7, 11) is 0. The zero-order chi connectivity index (χ0) is 19.4. The van der Waals surface area contributed by atoms with E-state index in [0.29, 0.717) is 5.69 Å². The lowest BCUT2D eigenvalue weighted by atomic mass is 10.1. The normalized spacial score (nSPS) is 10.5. The number of hydrogen-bond acceptors (Lipinski definition) is 4. The summed E-state index contributed by atoms with van der Waals surface area (Å²) in [5.74, 6) is -1.61. The standard InChI is InChI=1S/C21H18FNO4/c1-13-6-5-7-14(2)20(13)23-19(24)12-26-21(25)18-11-10-17(27-18)15-8-3-4-9-16(15)22/h3-11H,12H2,1-2H3,(H,23,24). The third kappa shape index (κ3) is 4.23. The van der Waals surface area contributed by atoms with E-state index in [1.54, 1.807) is 18.2 Å². The Kier molecular flexibility index (Phi) is 5.35. The van der Waals surface area contributed by atoms with E-state index >= 15 is 0 Å². The van der Waals surface area contributed by atoms with Gasteiger partial charge in [0.05, 0.1) is 5.56 Å². The molecule has 0 saturated carbocycles. The zero-order valence-electron chi connectivity index (χ0n) is 14.9. The third-order valence-electron chi connectivity index (χ3n) is 4.03. The summed E-state index contributed by atoms with van der Waals surface area (Å²) in [5, 5.41) is 2.73. The van der Waals surface area contributed by atoms with E-state index in [2.05, 4.69) is 5.32 Å². The Hall–Kier alpha value is -3.41. The van der Waals surface area contributed by atoms with Gasteiger partial charge in [-0.2, -0.15) is 0 Å². The minimum Gasteiger partial charge on any atom is -0.450 e. The van der Waals surface area contributed by atoms with Crippen LogP contribution < -0.4 is 5.32 Å². The van der Waals surface area contributed by atoms with E-state index in [4.69, 9.17) is 9.15 Å². The first-order valence-electron chi connectivity index (χ1n) is 8.33. The van der Waals surface area contributed by atoms with Crippen LogP contribution in [0.3, 0.4) is 0 Å². The van der Waals surface area contributed by atoms with Crippen LogP contribution in [0.15, 0.2) is 59.0 Å². The summed E-state index contributed by atoms with van der Waals surface area (Å²) in [6, 6.07) is 14.6. The molecule has 6 heteroatoms. The fourth-order valence-electron chi connectivity index (χ4n) is 2.64. The van der Waals surface area contributed by atoms with Crippen molar-refractivity contribution >= 4 is 17.6 Å². The molecule has 0 atom stereocenters. The van der Waals surface area contributed by atoms with E-state index < -0.39 is 24.3 Å². The van der Waals surface area contributed by atoms with Crippen molar-refractivity contribution in [3.63, 3.8) is 0 Å². The van der Waals surface area contributed by atoms with E-state index in [1.807, 2.05) is 32.0 Å². The van der Waals surface area contributed by atoms with Crippen molar-refractivity contribution in [2.24, 2.45) is 0 Å². The molecule has 0 unspecified atom stereocenters. The topological polar surface area (TPSA) is 68.5 Å². The lowest BCUT2D eigenvalue weighted by Gasteiger charge is -2.11. The maximum absolute atomic E-state index is 13.8. The molecule has 1 amide bonds. The van der Waals surface area contributed by atoms with Gasteiger partial charge in [-0.05, 0) is 49.2 Å². The van der Waals surface area contributed by atoms with Crippen LogP contribution in [0.2, 0.25) is 0 Å². The van der Waals surface area contributed by atoms with Gasteiger partial charge in [0.1, 0.15) is 11.6 Å². The van der Waals surface area contributed by atoms with E-state index in [-0.39, 0.29) is 17.1 Å². The van der Waals surface area contributed by atoms with Gasteiger partial charge >= 0.3 is 5.97 Å². The van der Waals surface area contributed by atoms with Crippen molar-refractivity contribution in [1.29, 1.82) is 0 Å². The molecule has 0 aliphatic heterocycles. The third-order valence-corrected chi connectivity index (χ3v) is 4.03. The number of esters is 1. The van der Waals surface area contributed by atoms with Crippen molar-refractivity contribution < 1.29 is 23.1 Å². The number of carbonyl (C=O) groups is 2. The highest BCUT2D eigenvalue weighted by atomic mass is 19.1. The predicted octanol–water partition coefficient (Wildman–Crippen LogP) is 4.50. The number of halogens is 1. The van der Waals surface area contributed by atoms with Gasteiger partial charge in [-0.3, -0.25) is 4.79 Å². The highest BCUT2D eigenvalue weighted by molar-refractivity contribution is 5.95. The van der Waals surface area contributed by atoms with Gasteiger partial charge in [0.2, 0.25) is 5.76 Å². The van der Waals surface area contributed by atoms with Crippen LogP contribution in [0.25, 0.3) is 11.3 Å². The number of para-hydroxylation sites is 1. The predicted molar refractivity (Wildman–Crippen MR) is 98.9 cm³/mol. The van der Waals surface area contributed by atoms with Gasteiger partial charge in [0, 0.05) is 5.69 Å². The van der Waals surface area contributed by atoms with Gasteiger partial charge in [-0.1, -0.05) is 30.3 Å². The molecule has 2 aromatic carbocycles. The van der Waals surface area contributed by atoms with Crippen molar-refractivity contribution in [2.45, 2.75) is 13.8 Å². The van der Waals surface area contributed by atoms with Crippen molar-refractivity contribution in [3.8, 4) is 11.3 Å². The number of nitrogens with one attached hydrogen (secondary N) is 1. The molecule has 3 aromatic rings. The van der Waals surface area contributed by atoms with Crippen molar-refractivity contribution in [2.75, 3.05) is 11.9 Å². The Morgan fingerprint density at radius 1 is 1.00 bits per heavy atom. The molecule has 0 spiro atoms. The first kappa shape index (κ1) is 18.4. The molecule has 3 rings (SSSR count). The highest BCUT2D eigenvalue weighted by Crippen LogP contribution is 2.25. The van der Waals surface area contributed by atoms with Crippen LogP contribution in [-0.4, -0.2) is 18.5 Å². The number of anilines is 1. The molecule has 1 heterocycles. The second-order valence-electron chi connectivity index (χ2n) is 6.03. The number of furan rings is 1. The second kappa shape index (κ2) is 7.86. The molecule has 27 heavy (non-hydrogen) atoms. The van der Waals surface area contributed by atoms with Crippen LogP contribution in [-0.2, 0) is 9.53 Å². The van der Waals surface area contributed by atoms with Gasteiger partial charge in [-0.15, -0.1) is 0 Å². The highest BCUT2D eigenvalue weighted by Gasteiger charge is 2.17. The van der Waals surface area contributed by atoms with E-state index in [0.717, 1.165) is 11.1 Å². The Balaban J connectivity index is 1.61. The molecule has 0 aliphatic rings. The molecule has 5 nitrogen and oxygen atoms in total. The molecule has 0 radical (unpaired) electrons. The fraction of sp³-hybridized carbons (Fsp3) is 0.143. The molecule has 1 N–H and O–H groups in total. The number of benzene rings is 2. The van der Waals surface area contributed by atoms with Gasteiger partial charge in [-0.25, -0.2) is 9.18 Å². The molecular weight excluding hydrogens is 349 g/mol. The molecular formula is C21H18FNO4. The maximum Gasteiger partial charge on any atom is 0.374 e. The largest absolute Gasteiger partial charge is 0.450 e. The summed E-state index contributed by atoms with van der Waals surface area (Å²) in [5.41, 5.74) is 2.76. The van der Waals surface area contributed by atoms with Gasteiger partial charge in [0.15, 0.2) is 6.61 Å². The number of aryl methyl sites for hydroxylation is 2. The lowest BCUT2D eigenvalue weighted by Crippen LogP contribution is -2.21. The van der Waals surface area contributed by atoms with Crippen LogP contribution in [0.5, 0.6) is 0 Å². The van der Waals surface area contributed by atoms with Crippen LogP contribution in [0.4, 0.5) is 10.1 Å². The van der Waals surface area contributed by atoms with Crippen LogP contribution >= 0.6 is 0 Å². The van der Waals surface area contributed by atoms with Crippen molar-refractivity contribution in [1.82, 2.24) is 0 Å². The Morgan fingerprint density at radius 3 is 2.41 bits per heavy atom. The monoisotopic (exact) mass is 367 g/mol. The molecule has 0 saturated heterocycles.